The summed E-state index contributed by atoms with van der Waals surface area (Å²) in [5.41, 5.74) is 7.03. The zero-order chi connectivity index (χ0) is 15.4. The Bertz CT molecular complexity index is 481. The number of benzene rings is 1. The van der Waals surface area contributed by atoms with E-state index in [4.69, 9.17) is 24.7 Å². The molecule has 118 valence electrons. The second kappa shape index (κ2) is 6.98. The van der Waals surface area contributed by atoms with Gasteiger partial charge < -0.3 is 24.7 Å². The van der Waals surface area contributed by atoms with E-state index < -0.39 is 0 Å². The summed E-state index contributed by atoms with van der Waals surface area (Å²) in [4.78, 5) is 2.19. The molecule has 0 radical (unpaired) electrons. The highest BCUT2D eigenvalue weighted by molar-refractivity contribution is 5.55. The minimum Gasteiger partial charge on any atom is -0.493 e. The van der Waals surface area contributed by atoms with E-state index in [1.807, 2.05) is 19.2 Å². The third-order valence-corrected chi connectivity index (χ3v) is 3.88. The van der Waals surface area contributed by atoms with E-state index in [1.165, 1.54) is 0 Å². The first-order valence-corrected chi connectivity index (χ1v) is 7.00. The van der Waals surface area contributed by atoms with Crippen molar-refractivity contribution in [3.05, 3.63) is 17.7 Å². The van der Waals surface area contributed by atoms with Crippen LogP contribution in [0.3, 0.4) is 0 Å². The predicted molar refractivity (Wildman–Crippen MR) is 80.0 cm³/mol. The molecule has 0 saturated carbocycles. The van der Waals surface area contributed by atoms with Crippen LogP contribution in [-0.4, -0.2) is 52.2 Å². The zero-order valence-corrected chi connectivity index (χ0v) is 13.1. The maximum absolute atomic E-state index is 5.98. The third kappa shape index (κ3) is 3.23. The Morgan fingerprint density at radius 3 is 2.71 bits per heavy atom. The number of hydrogen-bond donors (Lipinski definition) is 1. The van der Waals surface area contributed by atoms with Crippen LogP contribution in [0.1, 0.15) is 18.5 Å². The van der Waals surface area contributed by atoms with Crippen LogP contribution in [-0.2, 0) is 4.74 Å². The van der Waals surface area contributed by atoms with E-state index in [0.29, 0.717) is 30.4 Å². The van der Waals surface area contributed by atoms with Gasteiger partial charge in [0.05, 0.1) is 13.7 Å². The van der Waals surface area contributed by atoms with Crippen molar-refractivity contribution in [3.63, 3.8) is 0 Å². The average Bonchev–Trinajstić information content (AvgIpc) is 2.95. The summed E-state index contributed by atoms with van der Waals surface area (Å²) in [5.74, 6) is 2.03. The van der Waals surface area contributed by atoms with Crippen molar-refractivity contribution in [2.24, 2.45) is 5.73 Å². The van der Waals surface area contributed by atoms with Crippen molar-refractivity contribution in [2.45, 2.75) is 19.0 Å². The number of methoxy groups -OCH3 is 2. The summed E-state index contributed by atoms with van der Waals surface area (Å²) >= 11 is 0. The molecule has 21 heavy (non-hydrogen) atoms. The fourth-order valence-corrected chi connectivity index (χ4v) is 2.55. The molecule has 0 aromatic heterocycles. The van der Waals surface area contributed by atoms with Crippen LogP contribution in [0.5, 0.6) is 17.2 Å². The Kier molecular flexibility index (Phi) is 5.27. The van der Waals surface area contributed by atoms with E-state index in [9.17, 15) is 0 Å². The lowest BCUT2D eigenvalue weighted by Crippen LogP contribution is -2.39. The van der Waals surface area contributed by atoms with Crippen molar-refractivity contribution in [3.8, 4) is 17.2 Å². The molecule has 2 N–H and O–H groups in total. The highest BCUT2D eigenvalue weighted by atomic mass is 16.7. The number of nitrogens with zero attached hydrogens (tertiary/aromatic N) is 1. The van der Waals surface area contributed by atoms with Crippen LogP contribution in [0.4, 0.5) is 0 Å². The summed E-state index contributed by atoms with van der Waals surface area (Å²) in [6, 6.07) is 4.23. The molecule has 0 spiro atoms. The van der Waals surface area contributed by atoms with Crippen LogP contribution in [0, 0.1) is 0 Å². The van der Waals surface area contributed by atoms with Gasteiger partial charge in [0.2, 0.25) is 12.5 Å². The SMILES string of the molecule is COCC(C)N(C)C(CN)c1cc(OC)c2c(c1)OCO2. The highest BCUT2D eigenvalue weighted by Gasteiger charge is 2.26. The minimum absolute atomic E-state index is 0.0542. The van der Waals surface area contributed by atoms with Gasteiger partial charge >= 0.3 is 0 Å². The van der Waals surface area contributed by atoms with Gasteiger partial charge in [-0.25, -0.2) is 0 Å². The number of rotatable bonds is 7. The summed E-state index contributed by atoms with van der Waals surface area (Å²) in [7, 11) is 5.36. The van der Waals surface area contributed by atoms with Gasteiger partial charge in [0, 0.05) is 25.7 Å². The summed E-state index contributed by atoms with van der Waals surface area (Å²) < 4.78 is 21.5. The van der Waals surface area contributed by atoms with E-state index in [0.717, 1.165) is 5.56 Å². The largest absolute Gasteiger partial charge is 0.493 e. The number of likely N-dealkylation sites (N-methyl/N-ethyl adjacent to an activating group) is 1. The first-order chi connectivity index (χ1) is 10.1. The lowest BCUT2D eigenvalue weighted by molar-refractivity contribution is 0.0909. The van der Waals surface area contributed by atoms with E-state index >= 15 is 0 Å². The number of ether oxygens (including phenoxy) is 4. The Balaban J connectivity index is 2.30. The molecule has 2 atom stereocenters. The van der Waals surface area contributed by atoms with Crippen LogP contribution in [0.15, 0.2) is 12.1 Å². The summed E-state index contributed by atoms with van der Waals surface area (Å²) in [6.45, 7) is 3.47. The van der Waals surface area contributed by atoms with Gasteiger partial charge in [-0.3, -0.25) is 4.90 Å². The molecule has 0 fully saturated rings. The number of nitrogens with two attached hydrogens (primary N) is 1. The first kappa shape index (κ1) is 15.9. The zero-order valence-electron chi connectivity index (χ0n) is 13.1. The Morgan fingerprint density at radius 1 is 1.33 bits per heavy atom. The van der Waals surface area contributed by atoms with Gasteiger partial charge in [-0.05, 0) is 31.7 Å². The monoisotopic (exact) mass is 296 g/mol. The second-order valence-corrected chi connectivity index (χ2v) is 5.18. The van der Waals surface area contributed by atoms with Crippen molar-refractivity contribution in [1.82, 2.24) is 4.90 Å². The van der Waals surface area contributed by atoms with Crippen LogP contribution >= 0.6 is 0 Å². The molecule has 0 saturated heterocycles. The average molecular weight is 296 g/mol. The van der Waals surface area contributed by atoms with Crippen molar-refractivity contribution in [1.29, 1.82) is 0 Å². The molecule has 0 aliphatic carbocycles. The number of fused-ring (bicyclic) bond motifs is 1. The maximum atomic E-state index is 5.98. The molecule has 6 heteroatoms. The third-order valence-electron chi connectivity index (χ3n) is 3.88. The molecule has 1 aromatic carbocycles. The van der Waals surface area contributed by atoms with Gasteiger partial charge in [-0.1, -0.05) is 0 Å². The smallest absolute Gasteiger partial charge is 0.231 e. The Morgan fingerprint density at radius 2 is 2.10 bits per heavy atom. The number of hydrogen-bond acceptors (Lipinski definition) is 6. The molecule has 6 nitrogen and oxygen atoms in total. The summed E-state index contributed by atoms with van der Waals surface area (Å²) in [5, 5.41) is 0. The summed E-state index contributed by atoms with van der Waals surface area (Å²) in [6.07, 6.45) is 0. The molecular formula is C15H24N2O4. The standard InChI is InChI=1S/C15H24N2O4/c1-10(8-18-3)17(2)12(7-16)11-5-13(19-4)15-14(6-11)20-9-21-15/h5-6,10,12H,7-9,16H2,1-4H3. The van der Waals surface area contributed by atoms with E-state index in [1.54, 1.807) is 14.2 Å². The maximum Gasteiger partial charge on any atom is 0.231 e. The molecule has 2 rings (SSSR count). The van der Waals surface area contributed by atoms with Crippen LogP contribution < -0.4 is 19.9 Å². The van der Waals surface area contributed by atoms with Gasteiger partial charge in [0.25, 0.3) is 0 Å². The fraction of sp³-hybridized carbons (Fsp3) is 0.600. The minimum atomic E-state index is 0.0542. The molecule has 1 aliphatic rings. The normalized spacial score (nSPS) is 16.1. The van der Waals surface area contributed by atoms with Crippen LogP contribution in [0.2, 0.25) is 0 Å². The molecule has 1 heterocycles. The van der Waals surface area contributed by atoms with Crippen molar-refractivity contribution < 1.29 is 18.9 Å². The molecular weight excluding hydrogens is 272 g/mol. The lowest BCUT2D eigenvalue weighted by Gasteiger charge is -2.32. The van der Waals surface area contributed by atoms with E-state index in [-0.39, 0.29) is 18.9 Å². The predicted octanol–water partition coefficient (Wildman–Crippen LogP) is 1.39. The highest BCUT2D eigenvalue weighted by Crippen LogP contribution is 2.43. The van der Waals surface area contributed by atoms with Gasteiger partial charge in [0.1, 0.15) is 0 Å². The van der Waals surface area contributed by atoms with E-state index in [2.05, 4.69) is 11.8 Å². The first-order valence-electron chi connectivity index (χ1n) is 7.00. The Labute approximate surface area is 125 Å². The molecule has 2 unspecified atom stereocenters. The molecule has 0 amide bonds. The topological polar surface area (TPSA) is 66.2 Å². The quantitative estimate of drug-likeness (QED) is 0.820. The fourth-order valence-electron chi connectivity index (χ4n) is 2.55. The van der Waals surface area contributed by atoms with Crippen molar-refractivity contribution >= 4 is 0 Å². The molecule has 1 aromatic rings. The van der Waals surface area contributed by atoms with Crippen molar-refractivity contribution in [2.75, 3.05) is 41.2 Å². The Hall–Kier alpha value is -1.50. The molecule has 0 bridgehead atoms. The second-order valence-electron chi connectivity index (χ2n) is 5.18. The van der Waals surface area contributed by atoms with Gasteiger partial charge in [-0.15, -0.1) is 0 Å². The van der Waals surface area contributed by atoms with Crippen LogP contribution in [0.25, 0.3) is 0 Å². The van der Waals surface area contributed by atoms with Gasteiger partial charge in [-0.2, -0.15) is 0 Å². The lowest BCUT2D eigenvalue weighted by atomic mass is 10.0. The van der Waals surface area contributed by atoms with Gasteiger partial charge in [0.15, 0.2) is 11.5 Å². The molecule has 1 aliphatic heterocycles.